The van der Waals surface area contributed by atoms with Gasteiger partial charge in [0.2, 0.25) is 0 Å². The molecule has 0 saturated heterocycles. The zero-order chi connectivity index (χ0) is 10.3. The van der Waals surface area contributed by atoms with Crippen molar-refractivity contribution in [3.8, 4) is 0 Å². The third-order valence-electron chi connectivity index (χ3n) is 2.70. The van der Waals surface area contributed by atoms with Crippen molar-refractivity contribution in [2.75, 3.05) is 20.2 Å². The predicted octanol–water partition coefficient (Wildman–Crippen LogP) is 1.39. The Balaban J connectivity index is 2.13. The second kappa shape index (κ2) is 3.59. The number of fused-ring (bicyclic) bond motifs is 3. The van der Waals surface area contributed by atoms with Crippen LogP contribution in [0.1, 0.15) is 11.8 Å². The summed E-state index contributed by atoms with van der Waals surface area (Å²) >= 11 is 1.75. The van der Waals surface area contributed by atoms with Gasteiger partial charge in [-0.1, -0.05) is 0 Å². The second-order valence-electron chi connectivity index (χ2n) is 3.66. The van der Waals surface area contributed by atoms with Gasteiger partial charge < -0.3 is 10.1 Å². The Morgan fingerprint density at radius 3 is 3.53 bits per heavy atom. The zero-order valence-corrected chi connectivity index (χ0v) is 9.38. The first-order valence-corrected chi connectivity index (χ1v) is 5.98. The minimum Gasteiger partial charge on any atom is -0.369 e. The molecule has 2 aromatic heterocycles. The summed E-state index contributed by atoms with van der Waals surface area (Å²) in [6.45, 7) is 2.48. The van der Waals surface area contributed by atoms with E-state index in [1.165, 1.54) is 10.4 Å². The van der Waals surface area contributed by atoms with Crippen LogP contribution in [0, 0.1) is 0 Å². The molecule has 1 aliphatic rings. The maximum atomic E-state index is 5.76. The number of hydrogen-bond donors (Lipinski definition) is 1. The third-order valence-corrected chi connectivity index (χ3v) is 3.63. The molecule has 1 unspecified atom stereocenters. The van der Waals surface area contributed by atoms with Gasteiger partial charge in [-0.3, -0.25) is 4.68 Å². The highest BCUT2D eigenvalue weighted by atomic mass is 32.1. The van der Waals surface area contributed by atoms with Gasteiger partial charge in [-0.05, 0) is 18.5 Å². The zero-order valence-electron chi connectivity index (χ0n) is 8.56. The van der Waals surface area contributed by atoms with Gasteiger partial charge >= 0.3 is 0 Å². The Bertz CT molecular complexity index is 476. The van der Waals surface area contributed by atoms with Crippen molar-refractivity contribution in [1.29, 1.82) is 0 Å². The smallest absolute Gasteiger partial charge is 0.113 e. The first kappa shape index (κ1) is 9.33. The Labute approximate surface area is 91.8 Å². The van der Waals surface area contributed by atoms with E-state index in [-0.39, 0.29) is 6.10 Å². The van der Waals surface area contributed by atoms with Crippen LogP contribution in [-0.2, 0) is 11.3 Å². The first-order valence-electron chi connectivity index (χ1n) is 5.10. The number of thiophene rings is 1. The van der Waals surface area contributed by atoms with Crippen molar-refractivity contribution < 1.29 is 4.74 Å². The van der Waals surface area contributed by atoms with Gasteiger partial charge in [-0.15, -0.1) is 11.3 Å². The van der Waals surface area contributed by atoms with Crippen LogP contribution in [0.2, 0.25) is 0 Å². The van der Waals surface area contributed by atoms with E-state index in [1.54, 1.807) is 11.3 Å². The van der Waals surface area contributed by atoms with Gasteiger partial charge in [0.25, 0.3) is 0 Å². The molecule has 1 N–H and O–H groups in total. The Morgan fingerprint density at radius 2 is 2.67 bits per heavy atom. The maximum absolute atomic E-state index is 5.76. The number of hydrogen-bond acceptors (Lipinski definition) is 4. The Morgan fingerprint density at radius 1 is 1.73 bits per heavy atom. The minimum absolute atomic E-state index is 0.146. The summed E-state index contributed by atoms with van der Waals surface area (Å²) in [5.74, 6) is 0. The fourth-order valence-corrected chi connectivity index (χ4v) is 2.98. The molecule has 1 atom stereocenters. The molecule has 3 heterocycles. The highest BCUT2D eigenvalue weighted by Gasteiger charge is 2.25. The molecule has 0 bridgehead atoms. The lowest BCUT2D eigenvalue weighted by molar-refractivity contribution is 0.0196. The van der Waals surface area contributed by atoms with Crippen molar-refractivity contribution in [3.05, 3.63) is 17.1 Å². The number of nitrogens with zero attached hydrogens (tertiary/aromatic N) is 2. The van der Waals surface area contributed by atoms with Crippen LogP contribution in [0.3, 0.4) is 0 Å². The molecule has 15 heavy (non-hydrogen) atoms. The average molecular weight is 223 g/mol. The molecule has 0 aromatic carbocycles. The van der Waals surface area contributed by atoms with Crippen LogP contribution in [0.15, 0.2) is 11.4 Å². The number of likely N-dealkylation sites (N-methyl/N-ethyl adjacent to an activating group) is 1. The quantitative estimate of drug-likeness (QED) is 0.836. The fourth-order valence-electron chi connectivity index (χ4n) is 2.06. The molecule has 0 aliphatic carbocycles. The standard InChI is InChI=1S/C10H13N3OS/c1-11-6-8-9-10-7(2-5-15-10)12-13(9)3-4-14-8/h2,5,8,11H,3-4,6H2,1H3. The van der Waals surface area contributed by atoms with E-state index < -0.39 is 0 Å². The van der Waals surface area contributed by atoms with Crippen molar-refractivity contribution in [1.82, 2.24) is 15.1 Å². The number of aromatic nitrogens is 2. The highest BCUT2D eigenvalue weighted by molar-refractivity contribution is 7.17. The van der Waals surface area contributed by atoms with Crippen molar-refractivity contribution in [3.63, 3.8) is 0 Å². The summed E-state index contributed by atoms with van der Waals surface area (Å²) in [6.07, 6.45) is 0.146. The van der Waals surface area contributed by atoms with Crippen LogP contribution in [0.25, 0.3) is 10.2 Å². The molecule has 80 valence electrons. The largest absolute Gasteiger partial charge is 0.369 e. The Kier molecular flexibility index (Phi) is 2.23. The lowest BCUT2D eigenvalue weighted by Crippen LogP contribution is -2.28. The SMILES string of the molecule is CNCC1OCCn2nc3ccsc3c21. The molecular formula is C10H13N3OS. The molecular weight excluding hydrogens is 210 g/mol. The number of rotatable bonds is 2. The normalized spacial score (nSPS) is 20.7. The summed E-state index contributed by atoms with van der Waals surface area (Å²) < 4.78 is 9.13. The summed E-state index contributed by atoms with van der Waals surface area (Å²) in [6, 6.07) is 2.07. The van der Waals surface area contributed by atoms with E-state index in [0.717, 1.165) is 25.2 Å². The summed E-state index contributed by atoms with van der Waals surface area (Å²) in [5, 5.41) is 9.82. The summed E-state index contributed by atoms with van der Waals surface area (Å²) in [4.78, 5) is 0. The van der Waals surface area contributed by atoms with Gasteiger partial charge in [0.1, 0.15) is 11.6 Å². The summed E-state index contributed by atoms with van der Waals surface area (Å²) in [5.41, 5.74) is 2.34. The van der Waals surface area contributed by atoms with Gasteiger partial charge in [-0.25, -0.2) is 0 Å². The molecule has 4 nitrogen and oxygen atoms in total. The van der Waals surface area contributed by atoms with Gasteiger partial charge in [-0.2, -0.15) is 5.10 Å². The lowest BCUT2D eigenvalue weighted by Gasteiger charge is -2.24. The average Bonchev–Trinajstić information content (AvgIpc) is 2.77. The van der Waals surface area contributed by atoms with Crippen LogP contribution < -0.4 is 5.32 Å². The lowest BCUT2D eigenvalue weighted by atomic mass is 10.2. The van der Waals surface area contributed by atoms with E-state index in [0.29, 0.717) is 0 Å². The molecule has 0 fully saturated rings. The van der Waals surface area contributed by atoms with Crippen LogP contribution in [0.5, 0.6) is 0 Å². The highest BCUT2D eigenvalue weighted by Crippen LogP contribution is 2.32. The molecule has 0 amide bonds. The molecule has 0 saturated carbocycles. The van der Waals surface area contributed by atoms with Gasteiger partial charge in [0, 0.05) is 6.54 Å². The van der Waals surface area contributed by atoms with Crippen LogP contribution in [0.4, 0.5) is 0 Å². The first-order chi connectivity index (χ1) is 7.40. The van der Waals surface area contributed by atoms with E-state index in [1.807, 2.05) is 7.05 Å². The van der Waals surface area contributed by atoms with Gasteiger partial charge in [0.05, 0.1) is 23.5 Å². The van der Waals surface area contributed by atoms with E-state index >= 15 is 0 Å². The molecule has 5 heteroatoms. The van der Waals surface area contributed by atoms with Gasteiger partial charge in [0.15, 0.2) is 0 Å². The van der Waals surface area contributed by atoms with E-state index in [2.05, 4.69) is 26.5 Å². The number of nitrogens with one attached hydrogen (secondary N) is 1. The third kappa shape index (κ3) is 1.39. The van der Waals surface area contributed by atoms with Crippen molar-refractivity contribution in [2.24, 2.45) is 0 Å². The van der Waals surface area contributed by atoms with E-state index in [4.69, 9.17) is 4.74 Å². The van der Waals surface area contributed by atoms with Crippen LogP contribution in [-0.4, -0.2) is 30.0 Å². The monoisotopic (exact) mass is 223 g/mol. The minimum atomic E-state index is 0.146. The molecule has 0 radical (unpaired) electrons. The van der Waals surface area contributed by atoms with Crippen molar-refractivity contribution >= 4 is 21.6 Å². The Hall–Kier alpha value is -0.910. The fraction of sp³-hybridized carbons (Fsp3) is 0.500. The maximum Gasteiger partial charge on any atom is 0.113 e. The predicted molar refractivity (Wildman–Crippen MR) is 60.2 cm³/mol. The molecule has 0 spiro atoms. The number of ether oxygens (including phenoxy) is 1. The van der Waals surface area contributed by atoms with Crippen molar-refractivity contribution in [2.45, 2.75) is 12.6 Å². The topological polar surface area (TPSA) is 39.1 Å². The van der Waals surface area contributed by atoms with Crippen LogP contribution >= 0.6 is 11.3 Å². The summed E-state index contributed by atoms with van der Waals surface area (Å²) in [7, 11) is 1.95. The molecule has 3 rings (SSSR count). The van der Waals surface area contributed by atoms with E-state index in [9.17, 15) is 0 Å². The second-order valence-corrected chi connectivity index (χ2v) is 4.58. The molecule has 2 aromatic rings. The molecule has 1 aliphatic heterocycles.